The van der Waals surface area contributed by atoms with Gasteiger partial charge in [0.25, 0.3) is 0 Å². The van der Waals surface area contributed by atoms with E-state index in [1.54, 1.807) is 0 Å². The number of nitrogens with zero attached hydrogens (tertiary/aromatic N) is 1. The lowest BCUT2D eigenvalue weighted by Gasteiger charge is -1.94. The molecule has 0 aromatic carbocycles. The number of oxazole rings is 1. The molecule has 1 heterocycles. The smallest absolute Gasteiger partial charge is 0.303 e. The van der Waals surface area contributed by atoms with Crippen LogP contribution >= 0.6 is 0 Å². The molecular weight excluding hydrogens is 158 g/mol. The minimum Gasteiger partial charge on any atom is -0.481 e. The molecule has 0 aliphatic rings. The number of aryl methyl sites for hydroxylation is 2. The number of aliphatic carboxylic acids is 1. The number of aromatic nitrogens is 1. The van der Waals surface area contributed by atoms with Gasteiger partial charge in [-0.15, -0.1) is 0 Å². The van der Waals surface area contributed by atoms with E-state index < -0.39 is 5.97 Å². The molecule has 0 radical (unpaired) electrons. The molecule has 0 unspecified atom stereocenters. The topological polar surface area (TPSA) is 63.3 Å². The Morgan fingerprint density at radius 1 is 1.75 bits per heavy atom. The Labute approximate surface area is 70.2 Å². The Kier molecular flexibility index (Phi) is 2.85. The van der Waals surface area contributed by atoms with Crippen LogP contribution in [0.3, 0.4) is 0 Å². The molecule has 0 spiro atoms. The van der Waals surface area contributed by atoms with Gasteiger partial charge in [-0.3, -0.25) is 4.79 Å². The van der Waals surface area contributed by atoms with Crippen molar-refractivity contribution in [3.05, 3.63) is 17.8 Å². The normalized spacial score (nSPS) is 10.1. The van der Waals surface area contributed by atoms with Crippen LogP contribution in [0.15, 0.2) is 10.8 Å². The van der Waals surface area contributed by atoms with Crippen molar-refractivity contribution in [2.75, 3.05) is 0 Å². The van der Waals surface area contributed by atoms with Crippen molar-refractivity contribution >= 4 is 5.97 Å². The van der Waals surface area contributed by atoms with Crippen LogP contribution in [-0.2, 0) is 11.2 Å². The SMILES string of the molecule is Cc1ncoc1CCCC(=O)O. The molecule has 0 amide bonds. The third kappa shape index (κ3) is 2.38. The molecule has 12 heavy (non-hydrogen) atoms. The van der Waals surface area contributed by atoms with Gasteiger partial charge in [-0.05, 0) is 13.3 Å². The highest BCUT2D eigenvalue weighted by molar-refractivity contribution is 5.66. The van der Waals surface area contributed by atoms with Crippen LogP contribution in [0.1, 0.15) is 24.3 Å². The van der Waals surface area contributed by atoms with Crippen LogP contribution in [-0.4, -0.2) is 16.1 Å². The number of hydrogen-bond acceptors (Lipinski definition) is 3. The molecule has 0 aliphatic heterocycles. The monoisotopic (exact) mass is 169 g/mol. The maximum absolute atomic E-state index is 10.2. The molecule has 0 saturated carbocycles. The van der Waals surface area contributed by atoms with Crippen LogP contribution in [0.2, 0.25) is 0 Å². The quantitative estimate of drug-likeness (QED) is 0.739. The van der Waals surface area contributed by atoms with Crippen LogP contribution in [0.5, 0.6) is 0 Å². The maximum Gasteiger partial charge on any atom is 0.303 e. The fourth-order valence-corrected chi connectivity index (χ4v) is 0.966. The third-order valence-electron chi connectivity index (χ3n) is 1.64. The second-order valence-corrected chi connectivity index (χ2v) is 2.61. The van der Waals surface area contributed by atoms with E-state index in [0.29, 0.717) is 12.8 Å². The molecular formula is C8H11NO3. The van der Waals surface area contributed by atoms with Crippen molar-refractivity contribution in [3.63, 3.8) is 0 Å². The van der Waals surface area contributed by atoms with Crippen LogP contribution in [0.25, 0.3) is 0 Å². The largest absolute Gasteiger partial charge is 0.481 e. The van der Waals surface area contributed by atoms with Gasteiger partial charge in [-0.1, -0.05) is 0 Å². The number of carboxylic acids is 1. The summed E-state index contributed by atoms with van der Waals surface area (Å²) in [5.74, 6) is 0.0171. The van der Waals surface area contributed by atoms with Crippen LogP contribution in [0.4, 0.5) is 0 Å². The van der Waals surface area contributed by atoms with Crippen molar-refractivity contribution in [1.29, 1.82) is 0 Å². The number of hydrogen-bond donors (Lipinski definition) is 1. The van der Waals surface area contributed by atoms with Gasteiger partial charge in [0.15, 0.2) is 6.39 Å². The van der Waals surface area contributed by atoms with Gasteiger partial charge in [-0.25, -0.2) is 4.98 Å². The van der Waals surface area contributed by atoms with E-state index in [-0.39, 0.29) is 6.42 Å². The molecule has 0 fully saturated rings. The van der Waals surface area contributed by atoms with Crippen molar-refractivity contribution in [1.82, 2.24) is 4.98 Å². The molecule has 1 aromatic heterocycles. The first-order chi connectivity index (χ1) is 5.70. The average molecular weight is 169 g/mol. The van der Waals surface area contributed by atoms with Crippen LogP contribution < -0.4 is 0 Å². The molecule has 4 heteroatoms. The van der Waals surface area contributed by atoms with Gasteiger partial charge in [0.2, 0.25) is 0 Å². The summed E-state index contributed by atoms with van der Waals surface area (Å²) in [6.07, 6.45) is 2.81. The van der Waals surface area contributed by atoms with E-state index >= 15 is 0 Å². The highest BCUT2D eigenvalue weighted by Crippen LogP contribution is 2.08. The van der Waals surface area contributed by atoms with Crippen molar-refractivity contribution < 1.29 is 14.3 Å². The summed E-state index contributed by atoms with van der Waals surface area (Å²) in [6, 6.07) is 0. The lowest BCUT2D eigenvalue weighted by molar-refractivity contribution is -0.137. The zero-order valence-corrected chi connectivity index (χ0v) is 6.91. The fourth-order valence-electron chi connectivity index (χ4n) is 0.966. The second kappa shape index (κ2) is 3.90. The Balaban J connectivity index is 2.33. The van der Waals surface area contributed by atoms with Crippen LogP contribution in [0, 0.1) is 6.92 Å². The molecule has 66 valence electrons. The highest BCUT2D eigenvalue weighted by atomic mass is 16.4. The van der Waals surface area contributed by atoms with Gasteiger partial charge in [0, 0.05) is 12.8 Å². The van der Waals surface area contributed by atoms with Gasteiger partial charge in [0.05, 0.1) is 5.69 Å². The standard InChI is InChI=1S/C8H11NO3/c1-6-7(12-5-9-6)3-2-4-8(10)11/h5H,2-4H2,1H3,(H,10,11). The first kappa shape index (κ1) is 8.77. The summed E-state index contributed by atoms with van der Waals surface area (Å²) in [6.45, 7) is 1.85. The number of carboxylic acid groups (broad SMARTS) is 1. The lowest BCUT2D eigenvalue weighted by atomic mass is 10.2. The number of rotatable bonds is 4. The summed E-state index contributed by atoms with van der Waals surface area (Å²) < 4.78 is 5.04. The van der Waals surface area contributed by atoms with Gasteiger partial charge < -0.3 is 9.52 Å². The van der Waals surface area contributed by atoms with E-state index in [2.05, 4.69) is 4.98 Å². The van der Waals surface area contributed by atoms with Gasteiger partial charge in [-0.2, -0.15) is 0 Å². The molecule has 0 aliphatic carbocycles. The molecule has 4 nitrogen and oxygen atoms in total. The van der Waals surface area contributed by atoms with E-state index in [1.807, 2.05) is 6.92 Å². The summed E-state index contributed by atoms with van der Waals surface area (Å²) in [5.41, 5.74) is 0.848. The maximum atomic E-state index is 10.2. The Morgan fingerprint density at radius 3 is 3.00 bits per heavy atom. The molecule has 0 atom stereocenters. The predicted molar refractivity (Wildman–Crippen MR) is 41.8 cm³/mol. The molecule has 1 N–H and O–H groups in total. The van der Waals surface area contributed by atoms with Gasteiger partial charge >= 0.3 is 5.97 Å². The van der Waals surface area contributed by atoms with Gasteiger partial charge in [0.1, 0.15) is 5.76 Å². The zero-order valence-electron chi connectivity index (χ0n) is 6.91. The molecule has 1 aromatic rings. The Morgan fingerprint density at radius 2 is 2.50 bits per heavy atom. The zero-order chi connectivity index (χ0) is 8.97. The van der Waals surface area contributed by atoms with Crippen molar-refractivity contribution in [2.24, 2.45) is 0 Å². The average Bonchev–Trinajstić information content (AvgIpc) is 2.36. The Hall–Kier alpha value is -1.32. The molecule has 0 bridgehead atoms. The van der Waals surface area contributed by atoms with E-state index in [0.717, 1.165) is 11.5 Å². The first-order valence-corrected chi connectivity index (χ1v) is 3.81. The summed E-state index contributed by atoms with van der Waals surface area (Å²) >= 11 is 0. The minimum atomic E-state index is -0.771. The first-order valence-electron chi connectivity index (χ1n) is 3.81. The van der Waals surface area contributed by atoms with E-state index in [9.17, 15) is 4.79 Å². The summed E-state index contributed by atoms with van der Waals surface area (Å²) in [5, 5.41) is 8.37. The second-order valence-electron chi connectivity index (χ2n) is 2.61. The number of carbonyl (C=O) groups is 1. The summed E-state index contributed by atoms with van der Waals surface area (Å²) in [4.78, 5) is 14.1. The summed E-state index contributed by atoms with van der Waals surface area (Å²) in [7, 11) is 0. The Bertz CT molecular complexity index is 267. The van der Waals surface area contributed by atoms with E-state index in [1.165, 1.54) is 6.39 Å². The minimum absolute atomic E-state index is 0.181. The highest BCUT2D eigenvalue weighted by Gasteiger charge is 2.04. The fraction of sp³-hybridized carbons (Fsp3) is 0.500. The third-order valence-corrected chi connectivity index (χ3v) is 1.64. The van der Waals surface area contributed by atoms with Crippen molar-refractivity contribution in [2.45, 2.75) is 26.2 Å². The lowest BCUT2D eigenvalue weighted by Crippen LogP contribution is -1.95. The van der Waals surface area contributed by atoms with E-state index in [4.69, 9.17) is 9.52 Å². The molecule has 1 rings (SSSR count). The van der Waals surface area contributed by atoms with Crippen molar-refractivity contribution in [3.8, 4) is 0 Å². The molecule has 0 saturated heterocycles. The predicted octanol–water partition coefficient (Wildman–Crippen LogP) is 1.39.